The summed E-state index contributed by atoms with van der Waals surface area (Å²) in [5.41, 5.74) is 3.66. The van der Waals surface area contributed by atoms with Crippen LogP contribution in [0, 0.1) is 44.5 Å². The Balaban J connectivity index is 1.17. The van der Waals surface area contributed by atoms with Crippen LogP contribution in [0.2, 0.25) is 0 Å². The largest absolute Gasteiger partial charge is 0.381 e. The van der Waals surface area contributed by atoms with E-state index in [0.717, 1.165) is 55.7 Å². The molecular formula is C35H50FN7O4S. The van der Waals surface area contributed by atoms with Crippen molar-refractivity contribution in [3.05, 3.63) is 46.9 Å². The van der Waals surface area contributed by atoms with Gasteiger partial charge in [-0.3, -0.25) is 14.3 Å². The van der Waals surface area contributed by atoms with Gasteiger partial charge in [0.1, 0.15) is 18.6 Å². The van der Waals surface area contributed by atoms with Gasteiger partial charge < -0.3 is 20.1 Å². The lowest BCUT2D eigenvalue weighted by Crippen LogP contribution is -2.50. The van der Waals surface area contributed by atoms with Gasteiger partial charge in [-0.2, -0.15) is 14.6 Å². The van der Waals surface area contributed by atoms with Gasteiger partial charge in [0.15, 0.2) is 0 Å². The number of aryl methyl sites for hydroxylation is 1. The van der Waals surface area contributed by atoms with Crippen LogP contribution in [-0.4, -0.2) is 86.7 Å². The third-order valence-corrected chi connectivity index (χ3v) is 11.3. The van der Waals surface area contributed by atoms with E-state index in [4.69, 9.17) is 9.47 Å². The number of hydrogen-bond donors (Lipinski definition) is 2. The Bertz CT molecular complexity index is 1620. The molecule has 1 atom stereocenters. The molecule has 3 aliphatic rings. The van der Waals surface area contributed by atoms with Crippen molar-refractivity contribution in [2.75, 3.05) is 49.7 Å². The number of anilines is 1. The predicted octanol–water partition coefficient (Wildman–Crippen LogP) is 5.40. The zero-order valence-electron chi connectivity index (χ0n) is 29.1. The number of carbonyl (C=O) groups excluding carboxylic acids is 2. The Labute approximate surface area is 284 Å². The summed E-state index contributed by atoms with van der Waals surface area (Å²) in [5.74, 6) is 0.485. The first-order valence-electron chi connectivity index (χ1n) is 17.1. The summed E-state index contributed by atoms with van der Waals surface area (Å²) in [4.78, 5) is 31.8. The summed E-state index contributed by atoms with van der Waals surface area (Å²) in [5, 5.41) is 15.0. The average Bonchev–Trinajstić information content (AvgIpc) is 3.98. The standard InChI is InChI=1S/C35H50FN7O4S/c1-21-30(23(3)42(41-21)20-47-17-18-48(4,5)6)27-11-12-29(38-33(27)36)39-35(45)32(31(24-7-8-24)25-9-10-25)40-34(44)28-19-37-43(22(28)2)26-13-15-46-16-14-26/h11-12,19,24-26,31-32H,7-10,13-18,20H2,1-6H3,(H,40,44)(H,38,39,45). The van der Waals surface area contributed by atoms with Gasteiger partial charge in [0.05, 0.1) is 30.1 Å². The normalized spacial score (nSPS) is 18.2. The van der Waals surface area contributed by atoms with E-state index in [1.54, 1.807) is 23.0 Å². The minimum absolute atomic E-state index is 0.0204. The van der Waals surface area contributed by atoms with Crippen LogP contribution in [0.25, 0.3) is 11.1 Å². The molecule has 0 radical (unpaired) electrons. The van der Waals surface area contributed by atoms with E-state index in [1.807, 2.05) is 25.5 Å². The van der Waals surface area contributed by atoms with Gasteiger partial charge in [0.2, 0.25) is 11.9 Å². The molecule has 1 saturated heterocycles. The highest BCUT2D eigenvalue weighted by Gasteiger charge is 2.48. The van der Waals surface area contributed by atoms with Crippen molar-refractivity contribution in [3.63, 3.8) is 0 Å². The molecule has 2 aliphatic carbocycles. The second-order valence-corrected chi connectivity index (χ2v) is 19.1. The molecule has 0 spiro atoms. The first-order valence-corrected chi connectivity index (χ1v) is 20.1. The molecule has 11 nitrogen and oxygen atoms in total. The first-order chi connectivity index (χ1) is 22.9. The van der Waals surface area contributed by atoms with Crippen LogP contribution in [0.3, 0.4) is 0 Å². The molecule has 3 aromatic rings. The number of nitrogens with zero attached hydrogens (tertiary/aromatic N) is 5. The van der Waals surface area contributed by atoms with Crippen molar-refractivity contribution in [2.24, 2.45) is 17.8 Å². The molecule has 13 heteroatoms. The summed E-state index contributed by atoms with van der Waals surface area (Å²) < 4.78 is 30.7. The molecular weight excluding hydrogens is 633 g/mol. The van der Waals surface area contributed by atoms with Crippen LogP contribution in [0.4, 0.5) is 10.2 Å². The van der Waals surface area contributed by atoms with Gasteiger partial charge in [-0.05, 0) is 108 Å². The summed E-state index contributed by atoms with van der Waals surface area (Å²) >= 11 is 0. The Morgan fingerprint density at radius 3 is 2.35 bits per heavy atom. The van der Waals surface area contributed by atoms with Crippen LogP contribution < -0.4 is 10.6 Å². The maximum atomic E-state index is 15.6. The fourth-order valence-corrected chi connectivity index (χ4v) is 7.58. The van der Waals surface area contributed by atoms with Crippen LogP contribution in [0.1, 0.15) is 72.0 Å². The van der Waals surface area contributed by atoms with Crippen molar-refractivity contribution in [1.82, 2.24) is 29.9 Å². The molecule has 48 heavy (non-hydrogen) atoms. The number of nitrogens with one attached hydrogen (secondary N) is 2. The zero-order chi connectivity index (χ0) is 34.2. The van der Waals surface area contributed by atoms with E-state index in [1.165, 1.54) is 0 Å². The Kier molecular flexibility index (Phi) is 10.3. The summed E-state index contributed by atoms with van der Waals surface area (Å²) in [7, 11) is -0.660. The molecule has 0 bridgehead atoms. The van der Waals surface area contributed by atoms with Gasteiger partial charge in [-0.15, -0.1) is 0 Å². The summed E-state index contributed by atoms with van der Waals surface area (Å²) in [6.45, 7) is 7.90. The number of amides is 2. The fraction of sp³-hybridized carbons (Fsp3) is 0.629. The second kappa shape index (κ2) is 14.3. The van der Waals surface area contributed by atoms with Crippen molar-refractivity contribution in [1.29, 1.82) is 0 Å². The molecule has 2 saturated carbocycles. The molecule has 6 rings (SSSR count). The van der Waals surface area contributed by atoms with Crippen LogP contribution in [0.5, 0.6) is 0 Å². The van der Waals surface area contributed by atoms with Crippen LogP contribution in [0.15, 0.2) is 18.3 Å². The Hall–Kier alpha value is -3.29. The van der Waals surface area contributed by atoms with E-state index in [2.05, 4.69) is 44.6 Å². The highest BCUT2D eigenvalue weighted by molar-refractivity contribution is 8.32. The van der Waals surface area contributed by atoms with E-state index < -0.39 is 22.0 Å². The van der Waals surface area contributed by atoms with E-state index >= 15 is 4.39 Å². The van der Waals surface area contributed by atoms with Gasteiger partial charge in [-0.1, -0.05) is 0 Å². The highest BCUT2D eigenvalue weighted by Crippen LogP contribution is 2.51. The number of rotatable bonds is 14. The summed E-state index contributed by atoms with van der Waals surface area (Å²) in [6.07, 6.45) is 14.2. The number of pyridine rings is 1. The quantitative estimate of drug-likeness (QED) is 0.172. The predicted molar refractivity (Wildman–Crippen MR) is 186 cm³/mol. The fourth-order valence-electron chi connectivity index (χ4n) is 6.96. The molecule has 262 valence electrons. The van der Waals surface area contributed by atoms with Crippen molar-refractivity contribution in [3.8, 4) is 11.1 Å². The lowest BCUT2D eigenvalue weighted by atomic mass is 9.88. The molecule has 1 aliphatic heterocycles. The minimum Gasteiger partial charge on any atom is -0.381 e. The lowest BCUT2D eigenvalue weighted by molar-refractivity contribution is -0.119. The molecule has 4 heterocycles. The highest BCUT2D eigenvalue weighted by atomic mass is 32.3. The molecule has 3 fully saturated rings. The SMILES string of the molecule is Cc1nn(COCCS(C)(C)C)c(C)c1-c1ccc(NC(=O)C(NC(=O)c2cnn(C3CCOCC3)c2C)C(C2CC2)C2CC2)nc1F. The van der Waals surface area contributed by atoms with E-state index in [9.17, 15) is 9.59 Å². The molecule has 2 N–H and O–H groups in total. The lowest BCUT2D eigenvalue weighted by Gasteiger charge is -2.27. The van der Waals surface area contributed by atoms with E-state index in [-0.39, 0.29) is 36.3 Å². The minimum atomic E-state index is -0.768. The zero-order valence-corrected chi connectivity index (χ0v) is 29.9. The molecule has 3 aromatic heterocycles. The van der Waals surface area contributed by atoms with Crippen molar-refractivity contribution >= 4 is 27.7 Å². The van der Waals surface area contributed by atoms with Gasteiger partial charge in [0.25, 0.3) is 5.91 Å². The van der Waals surface area contributed by atoms with Crippen molar-refractivity contribution in [2.45, 2.75) is 78.1 Å². The molecule has 0 aromatic carbocycles. The number of hydrogen-bond acceptors (Lipinski definition) is 7. The van der Waals surface area contributed by atoms with E-state index in [0.29, 0.717) is 54.0 Å². The van der Waals surface area contributed by atoms with Crippen LogP contribution in [-0.2, 0) is 21.0 Å². The topological polar surface area (TPSA) is 125 Å². The van der Waals surface area contributed by atoms with Gasteiger partial charge >= 0.3 is 0 Å². The van der Waals surface area contributed by atoms with Gasteiger partial charge in [-0.25, -0.2) is 19.7 Å². The third-order valence-electron chi connectivity index (χ3n) is 9.92. The number of ether oxygens (including phenoxy) is 2. The monoisotopic (exact) mass is 683 g/mol. The number of halogens is 1. The number of aromatic nitrogens is 5. The van der Waals surface area contributed by atoms with Crippen LogP contribution >= 0.6 is 10.0 Å². The smallest absolute Gasteiger partial charge is 0.255 e. The number of carbonyl (C=O) groups is 2. The Morgan fingerprint density at radius 1 is 1.04 bits per heavy atom. The first kappa shape index (κ1) is 34.6. The Morgan fingerprint density at radius 2 is 1.73 bits per heavy atom. The average molecular weight is 684 g/mol. The second-order valence-electron chi connectivity index (χ2n) is 14.5. The maximum Gasteiger partial charge on any atom is 0.255 e. The molecule has 1 unspecified atom stereocenters. The third kappa shape index (κ3) is 7.94. The van der Waals surface area contributed by atoms with Crippen molar-refractivity contribution < 1.29 is 23.5 Å². The summed E-state index contributed by atoms with van der Waals surface area (Å²) in [6, 6.07) is 2.66. The molecule has 2 amide bonds. The maximum absolute atomic E-state index is 15.6. The van der Waals surface area contributed by atoms with Gasteiger partial charge in [0, 0.05) is 41.5 Å².